The van der Waals surface area contributed by atoms with Gasteiger partial charge in [-0.15, -0.1) is 13.2 Å². The number of rotatable bonds is 6. The fourth-order valence-corrected chi connectivity index (χ4v) is 2.31. The van der Waals surface area contributed by atoms with Crippen molar-refractivity contribution in [2.24, 2.45) is 0 Å². The van der Waals surface area contributed by atoms with Crippen molar-refractivity contribution in [3.63, 3.8) is 0 Å². The van der Waals surface area contributed by atoms with Gasteiger partial charge in [0, 0.05) is 11.4 Å². The predicted molar refractivity (Wildman–Crippen MR) is 97.4 cm³/mol. The summed E-state index contributed by atoms with van der Waals surface area (Å²) < 4.78 is 45.0. The number of anilines is 2. The third-order valence-electron chi connectivity index (χ3n) is 3.78. The Labute approximate surface area is 159 Å². The van der Waals surface area contributed by atoms with Crippen LogP contribution in [0, 0.1) is 6.92 Å². The summed E-state index contributed by atoms with van der Waals surface area (Å²) in [5.41, 5.74) is 2.05. The van der Waals surface area contributed by atoms with Crippen LogP contribution in [0.1, 0.15) is 22.8 Å². The molecule has 1 atom stereocenters. The first-order chi connectivity index (χ1) is 13.1. The third kappa shape index (κ3) is 5.90. The molecule has 2 aromatic rings. The van der Waals surface area contributed by atoms with E-state index in [0.717, 1.165) is 17.7 Å². The number of benzene rings is 2. The van der Waals surface area contributed by atoms with E-state index in [0.29, 0.717) is 16.9 Å². The standard InChI is InChI=1S/C19H19F3N2O4/c1-11-4-5-13(18(26)27-3)10-16(11)23-12(2)17(25)24-14-6-8-15(9-7-14)28-19(20,21)22/h4-10,12,23H,1-3H3,(H,24,25)/t12-/m0/s1. The first-order valence-electron chi connectivity index (χ1n) is 8.21. The average Bonchev–Trinajstić information content (AvgIpc) is 2.63. The summed E-state index contributed by atoms with van der Waals surface area (Å²) in [4.78, 5) is 24.0. The van der Waals surface area contributed by atoms with E-state index in [1.807, 2.05) is 6.92 Å². The lowest BCUT2D eigenvalue weighted by Gasteiger charge is -2.18. The van der Waals surface area contributed by atoms with Crippen molar-refractivity contribution in [3.05, 3.63) is 53.6 Å². The average molecular weight is 396 g/mol. The predicted octanol–water partition coefficient (Wildman–Crippen LogP) is 4.12. The molecule has 1 amide bonds. The minimum absolute atomic E-state index is 0.313. The van der Waals surface area contributed by atoms with Gasteiger partial charge in [0.1, 0.15) is 11.8 Å². The molecule has 0 spiro atoms. The summed E-state index contributed by atoms with van der Waals surface area (Å²) in [6, 6.07) is 9.03. The summed E-state index contributed by atoms with van der Waals surface area (Å²) in [6.07, 6.45) is -4.78. The Morgan fingerprint density at radius 1 is 1.07 bits per heavy atom. The Bertz CT molecular complexity index is 851. The zero-order valence-electron chi connectivity index (χ0n) is 15.4. The number of amides is 1. The van der Waals surface area contributed by atoms with Gasteiger partial charge in [-0.25, -0.2) is 4.79 Å². The highest BCUT2D eigenvalue weighted by Crippen LogP contribution is 2.24. The molecule has 0 saturated carbocycles. The maximum atomic E-state index is 12.3. The number of hydrogen-bond acceptors (Lipinski definition) is 5. The van der Waals surface area contributed by atoms with Gasteiger partial charge in [0.2, 0.25) is 5.91 Å². The fourth-order valence-electron chi connectivity index (χ4n) is 2.31. The van der Waals surface area contributed by atoms with Gasteiger partial charge < -0.3 is 20.1 Å². The highest BCUT2D eigenvalue weighted by molar-refractivity contribution is 5.97. The van der Waals surface area contributed by atoms with Gasteiger partial charge in [-0.3, -0.25) is 4.79 Å². The number of halogens is 3. The molecule has 0 aliphatic carbocycles. The number of alkyl halides is 3. The molecule has 2 aromatic carbocycles. The Morgan fingerprint density at radius 3 is 2.29 bits per heavy atom. The van der Waals surface area contributed by atoms with Crippen LogP contribution in [0.2, 0.25) is 0 Å². The molecule has 0 heterocycles. The molecule has 0 unspecified atom stereocenters. The second-order valence-electron chi connectivity index (χ2n) is 5.95. The zero-order chi connectivity index (χ0) is 20.9. The number of esters is 1. The number of nitrogens with one attached hydrogen (secondary N) is 2. The number of aryl methyl sites for hydroxylation is 1. The minimum Gasteiger partial charge on any atom is -0.465 e. The molecule has 0 bridgehead atoms. The Balaban J connectivity index is 2.02. The molecule has 0 aliphatic rings. The van der Waals surface area contributed by atoms with E-state index in [1.165, 1.54) is 19.2 Å². The van der Waals surface area contributed by atoms with Crippen molar-refractivity contribution >= 4 is 23.3 Å². The molecular formula is C19H19F3N2O4. The summed E-state index contributed by atoms with van der Waals surface area (Å²) in [7, 11) is 1.27. The van der Waals surface area contributed by atoms with Crippen molar-refractivity contribution < 1.29 is 32.2 Å². The molecule has 6 nitrogen and oxygen atoms in total. The van der Waals surface area contributed by atoms with E-state index >= 15 is 0 Å². The monoisotopic (exact) mass is 396 g/mol. The smallest absolute Gasteiger partial charge is 0.465 e. The van der Waals surface area contributed by atoms with Crippen molar-refractivity contribution in [3.8, 4) is 5.75 Å². The molecule has 0 radical (unpaired) electrons. The van der Waals surface area contributed by atoms with E-state index in [1.54, 1.807) is 25.1 Å². The first-order valence-corrected chi connectivity index (χ1v) is 8.21. The molecule has 150 valence electrons. The summed E-state index contributed by atoms with van der Waals surface area (Å²) in [6.45, 7) is 3.42. The topological polar surface area (TPSA) is 76.7 Å². The van der Waals surface area contributed by atoms with E-state index in [-0.39, 0.29) is 5.75 Å². The van der Waals surface area contributed by atoms with Crippen molar-refractivity contribution in [1.29, 1.82) is 0 Å². The maximum Gasteiger partial charge on any atom is 0.573 e. The molecule has 0 aliphatic heterocycles. The van der Waals surface area contributed by atoms with Crippen LogP contribution in [0.4, 0.5) is 24.5 Å². The van der Waals surface area contributed by atoms with Gasteiger partial charge in [0.25, 0.3) is 0 Å². The Morgan fingerprint density at radius 2 is 1.71 bits per heavy atom. The van der Waals surface area contributed by atoms with Crippen LogP contribution in [-0.2, 0) is 9.53 Å². The van der Waals surface area contributed by atoms with Crippen molar-refractivity contribution in [1.82, 2.24) is 0 Å². The lowest BCUT2D eigenvalue weighted by atomic mass is 10.1. The highest BCUT2D eigenvalue weighted by Gasteiger charge is 2.31. The molecule has 9 heteroatoms. The number of hydrogen-bond donors (Lipinski definition) is 2. The van der Waals surface area contributed by atoms with Gasteiger partial charge in [-0.1, -0.05) is 6.07 Å². The Hall–Kier alpha value is -3.23. The second kappa shape index (κ2) is 8.64. The van der Waals surface area contributed by atoms with Crippen LogP contribution in [0.25, 0.3) is 0 Å². The first kappa shape index (κ1) is 21.1. The lowest BCUT2D eigenvalue weighted by Crippen LogP contribution is -2.32. The molecule has 0 fully saturated rings. The van der Waals surface area contributed by atoms with Crippen LogP contribution >= 0.6 is 0 Å². The molecular weight excluding hydrogens is 377 g/mol. The van der Waals surface area contributed by atoms with Gasteiger partial charge in [-0.05, 0) is 55.8 Å². The fraction of sp³-hybridized carbons (Fsp3) is 0.263. The van der Waals surface area contributed by atoms with Crippen LogP contribution in [0.15, 0.2) is 42.5 Å². The van der Waals surface area contributed by atoms with Gasteiger partial charge in [0.15, 0.2) is 0 Å². The molecule has 2 N–H and O–H groups in total. The van der Waals surface area contributed by atoms with E-state index in [9.17, 15) is 22.8 Å². The molecule has 0 aromatic heterocycles. The summed E-state index contributed by atoms with van der Waals surface area (Å²) in [5.74, 6) is -1.29. The Kier molecular flexibility index (Phi) is 6.50. The van der Waals surface area contributed by atoms with Crippen LogP contribution in [0.3, 0.4) is 0 Å². The number of carbonyl (C=O) groups excluding carboxylic acids is 2. The van der Waals surface area contributed by atoms with Crippen molar-refractivity contribution in [2.75, 3.05) is 17.7 Å². The number of carbonyl (C=O) groups is 2. The normalized spacial score (nSPS) is 12.1. The zero-order valence-corrected chi connectivity index (χ0v) is 15.4. The van der Waals surface area contributed by atoms with Crippen LogP contribution < -0.4 is 15.4 Å². The van der Waals surface area contributed by atoms with Gasteiger partial charge in [0.05, 0.1) is 12.7 Å². The van der Waals surface area contributed by atoms with E-state index in [2.05, 4.69) is 20.1 Å². The quantitative estimate of drug-likeness (QED) is 0.719. The number of ether oxygens (including phenoxy) is 2. The number of methoxy groups -OCH3 is 1. The van der Waals surface area contributed by atoms with E-state index < -0.39 is 24.3 Å². The van der Waals surface area contributed by atoms with Crippen LogP contribution in [-0.4, -0.2) is 31.4 Å². The highest BCUT2D eigenvalue weighted by atomic mass is 19.4. The molecule has 2 rings (SSSR count). The van der Waals surface area contributed by atoms with Crippen molar-refractivity contribution in [2.45, 2.75) is 26.3 Å². The SMILES string of the molecule is COC(=O)c1ccc(C)c(N[C@@H](C)C(=O)Nc2ccc(OC(F)(F)F)cc2)c1. The third-order valence-corrected chi connectivity index (χ3v) is 3.78. The second-order valence-corrected chi connectivity index (χ2v) is 5.95. The molecule has 28 heavy (non-hydrogen) atoms. The van der Waals surface area contributed by atoms with Gasteiger partial charge in [-0.2, -0.15) is 0 Å². The lowest BCUT2D eigenvalue weighted by molar-refractivity contribution is -0.274. The maximum absolute atomic E-state index is 12.3. The minimum atomic E-state index is -4.78. The summed E-state index contributed by atoms with van der Waals surface area (Å²) >= 11 is 0. The van der Waals surface area contributed by atoms with Crippen LogP contribution in [0.5, 0.6) is 5.75 Å². The van der Waals surface area contributed by atoms with E-state index in [4.69, 9.17) is 0 Å². The largest absolute Gasteiger partial charge is 0.573 e. The van der Waals surface area contributed by atoms with Gasteiger partial charge >= 0.3 is 12.3 Å². The molecule has 0 saturated heterocycles. The summed E-state index contributed by atoms with van der Waals surface area (Å²) in [5, 5.41) is 5.59.